The fourth-order valence-electron chi connectivity index (χ4n) is 13.3. The molecule has 91 heavy (non-hydrogen) atoms. The minimum Gasteiger partial charge on any atom is -0.310 e. The Balaban J connectivity index is 0.973. The highest BCUT2D eigenvalue weighted by atomic mass is 15.1. The van der Waals surface area contributed by atoms with Gasteiger partial charge < -0.3 is 9.80 Å². The molecular formula is C89H94N2. The van der Waals surface area contributed by atoms with E-state index in [2.05, 4.69) is 308 Å². The fraction of sp³-hybridized carbons (Fsp3) is 0.258. The number of hydrogen-bond acceptors (Lipinski definition) is 2. The van der Waals surface area contributed by atoms with E-state index in [0.717, 1.165) is 79.1 Å². The van der Waals surface area contributed by atoms with Crippen LogP contribution in [0.15, 0.2) is 243 Å². The van der Waals surface area contributed by atoms with Crippen LogP contribution in [0.3, 0.4) is 0 Å². The number of unbranched alkanes of at least 4 members (excludes halogenated alkanes) is 7. The molecule has 0 bridgehead atoms. The molecule has 0 fully saturated rings. The SMILES string of the molecule is CCCCCCc1cc(-c2ccc(N(c3ccc(-c4ccc(C)cc4)cc3)c3ccc(-c4ccc(CCCC)cc4)cc3)cc2C)c(CCCCCC)cc1-c1ccc(N(c2ccc(-c3ccc(C)cc3)cc2)c2ccc(-c3ccc(CCC)cc3)cc2)cc1C. The van der Waals surface area contributed by atoms with Gasteiger partial charge in [0.2, 0.25) is 0 Å². The summed E-state index contributed by atoms with van der Waals surface area (Å²) in [6.45, 7) is 18.1. The highest BCUT2D eigenvalue weighted by Crippen LogP contribution is 2.44. The molecule has 0 aliphatic heterocycles. The van der Waals surface area contributed by atoms with Gasteiger partial charge in [0.15, 0.2) is 0 Å². The molecule has 460 valence electrons. The second kappa shape index (κ2) is 30.7. The molecule has 0 amide bonds. The Morgan fingerprint density at radius 2 is 0.505 bits per heavy atom. The van der Waals surface area contributed by atoms with Crippen molar-refractivity contribution in [3.05, 3.63) is 287 Å². The van der Waals surface area contributed by atoms with Crippen molar-refractivity contribution in [3.63, 3.8) is 0 Å². The van der Waals surface area contributed by atoms with Crippen molar-refractivity contribution in [1.82, 2.24) is 0 Å². The first-order chi connectivity index (χ1) is 44.6. The van der Waals surface area contributed by atoms with Gasteiger partial charge in [0, 0.05) is 34.1 Å². The van der Waals surface area contributed by atoms with Gasteiger partial charge in [0.05, 0.1) is 0 Å². The van der Waals surface area contributed by atoms with E-state index < -0.39 is 0 Å². The van der Waals surface area contributed by atoms with Gasteiger partial charge in [0.25, 0.3) is 0 Å². The lowest BCUT2D eigenvalue weighted by molar-refractivity contribution is 0.664. The van der Waals surface area contributed by atoms with Crippen molar-refractivity contribution in [2.45, 2.75) is 152 Å². The molecule has 0 saturated heterocycles. The molecule has 0 saturated carbocycles. The van der Waals surface area contributed by atoms with Gasteiger partial charge in [0.1, 0.15) is 0 Å². The van der Waals surface area contributed by atoms with Crippen LogP contribution in [0.2, 0.25) is 0 Å². The number of benzene rings is 11. The zero-order chi connectivity index (χ0) is 63.1. The predicted molar refractivity (Wildman–Crippen MR) is 396 cm³/mol. The highest BCUT2D eigenvalue weighted by Gasteiger charge is 2.21. The van der Waals surface area contributed by atoms with Gasteiger partial charge in [-0.15, -0.1) is 0 Å². The van der Waals surface area contributed by atoms with Gasteiger partial charge in [-0.3, -0.25) is 0 Å². The van der Waals surface area contributed by atoms with Crippen LogP contribution in [0, 0.1) is 27.7 Å². The molecule has 11 rings (SSSR count). The molecule has 0 radical (unpaired) electrons. The Kier molecular flexibility index (Phi) is 21.4. The van der Waals surface area contributed by atoms with Crippen LogP contribution < -0.4 is 9.80 Å². The average Bonchev–Trinajstić information content (AvgIpc) is 1.16. The molecule has 0 N–H and O–H groups in total. The number of nitrogens with zero attached hydrogens (tertiary/aromatic N) is 2. The minimum absolute atomic E-state index is 1.04. The fourth-order valence-corrected chi connectivity index (χ4v) is 13.3. The summed E-state index contributed by atoms with van der Waals surface area (Å²) in [6.07, 6.45) is 17.6. The Hall–Kier alpha value is -8.98. The summed E-state index contributed by atoms with van der Waals surface area (Å²) in [5, 5.41) is 0. The second-order valence-electron chi connectivity index (χ2n) is 25.6. The highest BCUT2D eigenvalue weighted by molar-refractivity contribution is 5.87. The second-order valence-corrected chi connectivity index (χ2v) is 25.6. The quantitative estimate of drug-likeness (QED) is 0.0474. The Labute approximate surface area is 546 Å². The maximum atomic E-state index is 2.61. The Morgan fingerprint density at radius 3 is 0.802 bits per heavy atom. The Morgan fingerprint density at radius 1 is 0.220 bits per heavy atom. The third-order valence-electron chi connectivity index (χ3n) is 18.6. The normalized spacial score (nSPS) is 11.3. The zero-order valence-corrected chi connectivity index (χ0v) is 55.6. The standard InChI is InChI=1S/C89H94N2/c1-9-13-16-18-22-78-63-89(87-59-57-85(61-67(87)8)91(81-50-42-75(43-51-81)71-34-26-65(6)27-35-71)83-54-46-77(47-55-83)73-38-30-69(31-39-73)21-15-11-3)79(23-19-17-14-10-2)62-88(78)86-58-56-84(60-66(86)7)90(80-48-40-74(41-49-80)70-32-24-64(5)25-33-70)82-52-44-76(45-53-82)72-36-28-68(20-12-4)29-37-72/h24-63H,9-23H2,1-8H3. The van der Waals surface area contributed by atoms with Gasteiger partial charge in [-0.25, -0.2) is 0 Å². The van der Waals surface area contributed by atoms with Crippen molar-refractivity contribution in [2.24, 2.45) is 0 Å². The van der Waals surface area contributed by atoms with Crippen LogP contribution in [-0.4, -0.2) is 0 Å². The van der Waals surface area contributed by atoms with Crippen molar-refractivity contribution < 1.29 is 0 Å². The van der Waals surface area contributed by atoms with Crippen LogP contribution in [0.5, 0.6) is 0 Å². The summed E-state index contributed by atoms with van der Waals surface area (Å²) in [7, 11) is 0. The molecule has 2 heteroatoms. The molecule has 0 spiro atoms. The Bertz CT molecular complexity index is 4100. The lowest BCUT2D eigenvalue weighted by Gasteiger charge is -2.28. The summed E-state index contributed by atoms with van der Waals surface area (Å²) in [5.74, 6) is 0. The molecule has 0 aromatic heterocycles. The van der Waals surface area contributed by atoms with E-state index in [4.69, 9.17) is 0 Å². The number of anilines is 6. The largest absolute Gasteiger partial charge is 0.310 e. The van der Waals surface area contributed by atoms with E-state index in [1.807, 2.05) is 0 Å². The summed E-state index contributed by atoms with van der Waals surface area (Å²) < 4.78 is 0. The van der Waals surface area contributed by atoms with E-state index in [-0.39, 0.29) is 0 Å². The molecule has 0 heterocycles. The summed E-state index contributed by atoms with van der Waals surface area (Å²) in [4.78, 5) is 4.88. The van der Waals surface area contributed by atoms with E-state index in [1.165, 1.54) is 163 Å². The summed E-state index contributed by atoms with van der Waals surface area (Å²) >= 11 is 0. The van der Waals surface area contributed by atoms with Crippen LogP contribution >= 0.6 is 0 Å². The molecular weight excluding hydrogens is 1100 g/mol. The van der Waals surface area contributed by atoms with Crippen molar-refractivity contribution in [2.75, 3.05) is 9.80 Å². The van der Waals surface area contributed by atoms with Crippen molar-refractivity contribution in [1.29, 1.82) is 0 Å². The smallest absolute Gasteiger partial charge is 0.0464 e. The summed E-state index contributed by atoms with van der Waals surface area (Å²) in [6, 6.07) is 92.4. The number of rotatable bonds is 27. The summed E-state index contributed by atoms with van der Waals surface area (Å²) in [5.41, 5.74) is 32.8. The van der Waals surface area contributed by atoms with E-state index in [1.54, 1.807) is 0 Å². The topological polar surface area (TPSA) is 6.48 Å². The van der Waals surface area contributed by atoms with E-state index >= 15 is 0 Å². The maximum absolute atomic E-state index is 2.61. The molecule has 0 atom stereocenters. The third kappa shape index (κ3) is 15.6. The first-order valence-electron chi connectivity index (χ1n) is 34.3. The van der Waals surface area contributed by atoms with Crippen LogP contribution in [0.1, 0.15) is 143 Å². The van der Waals surface area contributed by atoms with Crippen LogP contribution in [0.4, 0.5) is 34.1 Å². The molecule has 11 aromatic carbocycles. The maximum Gasteiger partial charge on any atom is 0.0464 e. The van der Waals surface area contributed by atoms with E-state index in [9.17, 15) is 0 Å². The van der Waals surface area contributed by atoms with Crippen LogP contribution in [0.25, 0.3) is 66.8 Å². The third-order valence-corrected chi connectivity index (χ3v) is 18.6. The predicted octanol–water partition coefficient (Wildman–Crippen LogP) is 26.4. The van der Waals surface area contributed by atoms with Gasteiger partial charge in [-0.05, 0) is 246 Å². The van der Waals surface area contributed by atoms with Crippen molar-refractivity contribution >= 4 is 34.1 Å². The molecule has 0 aliphatic rings. The first kappa shape index (κ1) is 63.6. The molecule has 2 nitrogen and oxygen atoms in total. The molecule has 0 unspecified atom stereocenters. The lowest BCUT2D eigenvalue weighted by atomic mass is 9.84. The number of aryl methyl sites for hydroxylation is 8. The number of hydrogen-bond donors (Lipinski definition) is 0. The zero-order valence-electron chi connectivity index (χ0n) is 55.6. The van der Waals surface area contributed by atoms with Gasteiger partial charge >= 0.3 is 0 Å². The first-order valence-corrected chi connectivity index (χ1v) is 34.3. The van der Waals surface area contributed by atoms with E-state index in [0.29, 0.717) is 0 Å². The van der Waals surface area contributed by atoms with Crippen LogP contribution in [-0.2, 0) is 25.7 Å². The molecule has 0 aliphatic carbocycles. The lowest BCUT2D eigenvalue weighted by Crippen LogP contribution is -2.10. The molecule has 11 aromatic rings. The van der Waals surface area contributed by atoms with Gasteiger partial charge in [-0.2, -0.15) is 0 Å². The van der Waals surface area contributed by atoms with Crippen molar-refractivity contribution in [3.8, 4) is 66.8 Å². The minimum atomic E-state index is 1.04. The average molecular weight is 1190 g/mol. The monoisotopic (exact) mass is 1190 g/mol. The van der Waals surface area contributed by atoms with Gasteiger partial charge in [-0.1, -0.05) is 260 Å².